The Morgan fingerprint density at radius 3 is 2.52 bits per heavy atom. The number of primary amides is 1. The highest BCUT2D eigenvalue weighted by Gasteiger charge is 2.31. The lowest BCUT2D eigenvalue weighted by atomic mass is 9.97. The van der Waals surface area contributed by atoms with E-state index in [4.69, 9.17) is 5.73 Å². The van der Waals surface area contributed by atoms with E-state index >= 15 is 0 Å². The number of carbonyl (C=O) groups is 2. The molecule has 21 heavy (non-hydrogen) atoms. The SMILES string of the molecule is Cc1cc(C)c(C(C(N)=O)=C2C(=O)Nc3ccccc32)[nH]1. The summed E-state index contributed by atoms with van der Waals surface area (Å²) < 4.78 is 0. The van der Waals surface area contributed by atoms with Crippen LogP contribution in [-0.2, 0) is 9.59 Å². The summed E-state index contributed by atoms with van der Waals surface area (Å²) >= 11 is 0. The molecule has 0 atom stereocenters. The molecule has 0 unspecified atom stereocenters. The summed E-state index contributed by atoms with van der Waals surface area (Å²) in [5.74, 6) is -0.932. The van der Waals surface area contributed by atoms with E-state index in [1.54, 1.807) is 12.1 Å². The van der Waals surface area contributed by atoms with Gasteiger partial charge in [0, 0.05) is 16.9 Å². The number of benzene rings is 1. The molecule has 0 saturated heterocycles. The average Bonchev–Trinajstić information content (AvgIpc) is 2.91. The highest BCUT2D eigenvalue weighted by molar-refractivity contribution is 6.44. The maximum Gasteiger partial charge on any atom is 0.257 e. The average molecular weight is 281 g/mol. The molecule has 2 aromatic rings. The van der Waals surface area contributed by atoms with Crippen molar-refractivity contribution in [3.63, 3.8) is 0 Å². The molecule has 0 aliphatic carbocycles. The first-order chi connectivity index (χ1) is 9.99. The van der Waals surface area contributed by atoms with Crippen LogP contribution in [0.4, 0.5) is 5.69 Å². The van der Waals surface area contributed by atoms with Crippen molar-refractivity contribution < 1.29 is 9.59 Å². The summed E-state index contributed by atoms with van der Waals surface area (Å²) in [6.45, 7) is 3.77. The Morgan fingerprint density at radius 2 is 1.90 bits per heavy atom. The number of carbonyl (C=O) groups excluding carboxylic acids is 2. The van der Waals surface area contributed by atoms with Crippen molar-refractivity contribution in [2.45, 2.75) is 13.8 Å². The first kappa shape index (κ1) is 13.2. The Balaban J connectivity index is 2.33. The number of anilines is 1. The maximum absolute atomic E-state index is 12.3. The number of aromatic nitrogens is 1. The molecular formula is C16H15N3O2. The minimum absolute atomic E-state index is 0.225. The van der Waals surface area contributed by atoms with Gasteiger partial charge in [-0.2, -0.15) is 0 Å². The van der Waals surface area contributed by atoms with Crippen molar-refractivity contribution in [1.82, 2.24) is 4.98 Å². The van der Waals surface area contributed by atoms with E-state index in [1.165, 1.54) is 0 Å². The fraction of sp³-hybridized carbons (Fsp3) is 0.125. The lowest BCUT2D eigenvalue weighted by molar-refractivity contribution is -0.113. The summed E-state index contributed by atoms with van der Waals surface area (Å²) in [5.41, 5.74) is 9.88. The molecule has 0 bridgehead atoms. The number of nitrogens with one attached hydrogen (secondary N) is 2. The predicted molar refractivity (Wildman–Crippen MR) is 81.3 cm³/mol. The summed E-state index contributed by atoms with van der Waals surface area (Å²) in [4.78, 5) is 27.4. The van der Waals surface area contributed by atoms with Gasteiger partial charge in [-0.25, -0.2) is 0 Å². The standard InChI is InChI=1S/C16H15N3O2/c1-8-7-9(2)18-14(8)13(15(17)20)12-10-5-3-4-6-11(10)19-16(12)21/h3-7,18H,1-2H3,(H2,17,20)(H,19,21). The van der Waals surface area contributed by atoms with Gasteiger partial charge >= 0.3 is 0 Å². The third-order valence-electron chi connectivity index (χ3n) is 3.57. The number of para-hydroxylation sites is 1. The number of aryl methyl sites for hydroxylation is 2. The molecule has 0 radical (unpaired) electrons. The molecule has 106 valence electrons. The van der Waals surface area contributed by atoms with E-state index in [0.717, 1.165) is 11.3 Å². The fourth-order valence-corrected chi connectivity index (χ4v) is 2.73. The molecule has 5 heteroatoms. The summed E-state index contributed by atoms with van der Waals surface area (Å²) in [6.07, 6.45) is 0. The summed E-state index contributed by atoms with van der Waals surface area (Å²) in [5, 5.41) is 2.76. The number of H-pyrrole nitrogens is 1. The summed E-state index contributed by atoms with van der Waals surface area (Å²) in [6, 6.07) is 9.17. The van der Waals surface area contributed by atoms with Crippen LogP contribution in [0.1, 0.15) is 22.5 Å². The van der Waals surface area contributed by atoms with Gasteiger partial charge in [0.2, 0.25) is 0 Å². The van der Waals surface area contributed by atoms with Gasteiger partial charge in [0.25, 0.3) is 11.8 Å². The highest BCUT2D eigenvalue weighted by atomic mass is 16.2. The van der Waals surface area contributed by atoms with Gasteiger partial charge in [-0.05, 0) is 31.5 Å². The van der Waals surface area contributed by atoms with E-state index in [-0.39, 0.29) is 11.5 Å². The third kappa shape index (κ3) is 2.03. The van der Waals surface area contributed by atoms with Crippen molar-refractivity contribution in [1.29, 1.82) is 0 Å². The number of amides is 2. The van der Waals surface area contributed by atoms with Crippen LogP contribution in [-0.4, -0.2) is 16.8 Å². The maximum atomic E-state index is 12.3. The molecule has 0 fully saturated rings. The van der Waals surface area contributed by atoms with Gasteiger partial charge in [-0.15, -0.1) is 0 Å². The molecule has 1 aromatic heterocycles. The van der Waals surface area contributed by atoms with Gasteiger partial charge in [-0.1, -0.05) is 18.2 Å². The largest absolute Gasteiger partial charge is 0.366 e. The Kier molecular flexibility index (Phi) is 2.90. The van der Waals surface area contributed by atoms with Gasteiger partial charge in [0.1, 0.15) is 0 Å². The Labute approximate surface area is 121 Å². The van der Waals surface area contributed by atoms with Crippen LogP contribution in [0.25, 0.3) is 11.1 Å². The van der Waals surface area contributed by atoms with Gasteiger partial charge in [-0.3, -0.25) is 9.59 Å². The lowest BCUT2D eigenvalue weighted by Gasteiger charge is -2.07. The molecule has 1 aliphatic rings. The lowest BCUT2D eigenvalue weighted by Crippen LogP contribution is -2.18. The van der Waals surface area contributed by atoms with Gasteiger partial charge in [0.05, 0.1) is 16.8 Å². The van der Waals surface area contributed by atoms with E-state index < -0.39 is 5.91 Å². The van der Waals surface area contributed by atoms with Crippen LogP contribution in [0.5, 0.6) is 0 Å². The normalized spacial score (nSPS) is 15.6. The third-order valence-corrected chi connectivity index (χ3v) is 3.57. The van der Waals surface area contributed by atoms with Crippen molar-refractivity contribution in [3.8, 4) is 0 Å². The topological polar surface area (TPSA) is 88.0 Å². The molecule has 3 rings (SSSR count). The highest BCUT2D eigenvalue weighted by Crippen LogP contribution is 2.37. The van der Waals surface area contributed by atoms with Crippen LogP contribution < -0.4 is 11.1 Å². The van der Waals surface area contributed by atoms with E-state index in [2.05, 4.69) is 10.3 Å². The van der Waals surface area contributed by atoms with Crippen molar-refractivity contribution >= 4 is 28.6 Å². The van der Waals surface area contributed by atoms with E-state index in [0.29, 0.717) is 22.5 Å². The Hall–Kier alpha value is -2.82. The van der Waals surface area contributed by atoms with Gasteiger partial charge in [0.15, 0.2) is 0 Å². The smallest absolute Gasteiger partial charge is 0.257 e. The second-order valence-corrected chi connectivity index (χ2v) is 5.12. The molecule has 4 N–H and O–H groups in total. The molecule has 1 aromatic carbocycles. The predicted octanol–water partition coefficient (Wildman–Crippen LogP) is 1.98. The molecule has 2 amide bonds. The zero-order chi connectivity index (χ0) is 15.1. The van der Waals surface area contributed by atoms with Gasteiger partial charge < -0.3 is 16.0 Å². The van der Waals surface area contributed by atoms with Crippen LogP contribution in [0.15, 0.2) is 30.3 Å². The molecule has 5 nitrogen and oxygen atoms in total. The van der Waals surface area contributed by atoms with Crippen LogP contribution >= 0.6 is 0 Å². The second kappa shape index (κ2) is 4.63. The quantitative estimate of drug-likeness (QED) is 0.735. The van der Waals surface area contributed by atoms with Crippen molar-refractivity contribution in [2.24, 2.45) is 5.73 Å². The Morgan fingerprint density at radius 1 is 1.19 bits per heavy atom. The molecular weight excluding hydrogens is 266 g/mol. The zero-order valence-electron chi connectivity index (χ0n) is 11.8. The number of rotatable bonds is 2. The number of hydrogen-bond acceptors (Lipinski definition) is 2. The Bertz CT molecular complexity index is 800. The number of fused-ring (bicyclic) bond motifs is 1. The van der Waals surface area contributed by atoms with Crippen LogP contribution in [0.2, 0.25) is 0 Å². The second-order valence-electron chi connectivity index (χ2n) is 5.12. The molecule has 0 saturated carbocycles. The number of nitrogens with two attached hydrogens (primary N) is 1. The first-order valence-electron chi connectivity index (χ1n) is 6.60. The van der Waals surface area contributed by atoms with Crippen LogP contribution in [0, 0.1) is 13.8 Å². The first-order valence-corrected chi connectivity index (χ1v) is 6.60. The van der Waals surface area contributed by atoms with Crippen LogP contribution in [0.3, 0.4) is 0 Å². The minimum Gasteiger partial charge on any atom is -0.366 e. The molecule has 0 spiro atoms. The van der Waals surface area contributed by atoms with Crippen molar-refractivity contribution in [2.75, 3.05) is 5.32 Å². The monoisotopic (exact) mass is 281 g/mol. The minimum atomic E-state index is -0.623. The molecule has 2 heterocycles. The fourth-order valence-electron chi connectivity index (χ4n) is 2.73. The van der Waals surface area contributed by atoms with E-state index in [1.807, 2.05) is 32.0 Å². The number of aromatic amines is 1. The van der Waals surface area contributed by atoms with E-state index in [9.17, 15) is 9.59 Å². The molecule has 1 aliphatic heterocycles. The zero-order valence-corrected chi connectivity index (χ0v) is 11.8. The summed E-state index contributed by atoms with van der Waals surface area (Å²) in [7, 11) is 0. The number of hydrogen-bond donors (Lipinski definition) is 3. The van der Waals surface area contributed by atoms with Crippen molar-refractivity contribution in [3.05, 3.63) is 52.8 Å².